The number of aryl methyl sites for hydroxylation is 2. The van der Waals surface area contributed by atoms with E-state index in [-0.39, 0.29) is 0 Å². The maximum absolute atomic E-state index is 4.70. The van der Waals surface area contributed by atoms with Gasteiger partial charge in [-0.25, -0.2) is 15.0 Å². The van der Waals surface area contributed by atoms with Gasteiger partial charge in [-0.15, -0.1) is 0 Å². The van der Waals surface area contributed by atoms with Crippen LogP contribution in [0, 0.1) is 20.8 Å². The third kappa shape index (κ3) is 3.01. The number of imidazole rings is 1. The van der Waals surface area contributed by atoms with E-state index in [1.807, 2.05) is 38.1 Å². The quantitative estimate of drug-likeness (QED) is 0.586. The Morgan fingerprint density at radius 2 is 1.77 bits per heavy atom. The van der Waals surface area contributed by atoms with E-state index in [0.717, 1.165) is 39.5 Å². The smallest absolute Gasteiger partial charge is 0.161 e. The maximum atomic E-state index is 4.70. The van der Waals surface area contributed by atoms with Crippen molar-refractivity contribution in [2.45, 2.75) is 27.3 Å². The van der Waals surface area contributed by atoms with Gasteiger partial charge < -0.3 is 10.3 Å². The standard InChI is InChI=1S/C20H20N6/c1-12-5-4-6-16-18(12)25-17(24-16)11-22-19-13(2)14(3)23-20(26-19)15-7-9-21-10-8-15/h4-10H,11H2,1-3H3,(H,24,25)(H,22,23,26). The molecule has 3 heterocycles. The van der Waals surface area contributed by atoms with Gasteiger partial charge >= 0.3 is 0 Å². The molecule has 6 nitrogen and oxygen atoms in total. The molecule has 26 heavy (non-hydrogen) atoms. The van der Waals surface area contributed by atoms with Gasteiger partial charge in [-0.3, -0.25) is 4.98 Å². The summed E-state index contributed by atoms with van der Waals surface area (Å²) in [4.78, 5) is 21.4. The minimum absolute atomic E-state index is 0.571. The molecule has 0 aliphatic heterocycles. The molecule has 0 bridgehead atoms. The zero-order chi connectivity index (χ0) is 18.1. The van der Waals surface area contributed by atoms with Crippen LogP contribution in [0.1, 0.15) is 22.6 Å². The van der Waals surface area contributed by atoms with Crippen LogP contribution in [0.3, 0.4) is 0 Å². The summed E-state index contributed by atoms with van der Waals surface area (Å²) in [6.07, 6.45) is 3.50. The zero-order valence-electron chi connectivity index (χ0n) is 15.0. The van der Waals surface area contributed by atoms with Gasteiger partial charge in [-0.05, 0) is 44.5 Å². The maximum Gasteiger partial charge on any atom is 0.161 e. The lowest BCUT2D eigenvalue weighted by Gasteiger charge is -2.11. The number of aromatic amines is 1. The Labute approximate surface area is 151 Å². The van der Waals surface area contributed by atoms with Gasteiger partial charge in [0, 0.05) is 29.2 Å². The van der Waals surface area contributed by atoms with Crippen LogP contribution in [-0.4, -0.2) is 24.9 Å². The lowest BCUT2D eigenvalue weighted by atomic mass is 10.2. The van der Waals surface area contributed by atoms with Gasteiger partial charge in [0.25, 0.3) is 0 Å². The molecule has 2 N–H and O–H groups in total. The van der Waals surface area contributed by atoms with Crippen LogP contribution in [-0.2, 0) is 6.54 Å². The Balaban J connectivity index is 1.63. The van der Waals surface area contributed by atoms with Crippen molar-refractivity contribution in [3.05, 3.63) is 65.4 Å². The number of rotatable bonds is 4. The third-order valence-corrected chi connectivity index (χ3v) is 4.51. The minimum Gasteiger partial charge on any atom is -0.362 e. The number of pyridine rings is 1. The fourth-order valence-electron chi connectivity index (χ4n) is 2.91. The fraction of sp³-hybridized carbons (Fsp3) is 0.200. The predicted molar refractivity (Wildman–Crippen MR) is 103 cm³/mol. The Morgan fingerprint density at radius 3 is 2.54 bits per heavy atom. The molecule has 0 saturated carbocycles. The first-order valence-electron chi connectivity index (χ1n) is 8.55. The molecule has 0 aliphatic carbocycles. The van der Waals surface area contributed by atoms with Crippen molar-refractivity contribution in [1.82, 2.24) is 24.9 Å². The summed E-state index contributed by atoms with van der Waals surface area (Å²) in [5.74, 6) is 2.40. The highest BCUT2D eigenvalue weighted by Crippen LogP contribution is 2.22. The summed E-state index contributed by atoms with van der Waals surface area (Å²) in [6.45, 7) is 6.66. The Bertz CT molecular complexity index is 1070. The molecule has 4 aromatic rings. The predicted octanol–water partition coefficient (Wildman–Crippen LogP) is 3.95. The summed E-state index contributed by atoms with van der Waals surface area (Å²) in [5.41, 5.74) is 6.17. The molecular weight excluding hydrogens is 324 g/mol. The average Bonchev–Trinajstić information content (AvgIpc) is 3.08. The first kappa shape index (κ1) is 16.2. The number of anilines is 1. The first-order valence-corrected chi connectivity index (χ1v) is 8.55. The van der Waals surface area contributed by atoms with Crippen molar-refractivity contribution in [2.75, 3.05) is 5.32 Å². The summed E-state index contributed by atoms with van der Waals surface area (Å²) in [5, 5.41) is 3.40. The normalized spacial score (nSPS) is 11.0. The molecule has 0 unspecified atom stereocenters. The number of benzene rings is 1. The molecule has 0 fully saturated rings. The van der Waals surface area contributed by atoms with Gasteiger partial charge in [0.05, 0.1) is 17.6 Å². The number of H-pyrrole nitrogens is 1. The summed E-state index contributed by atoms with van der Waals surface area (Å²) >= 11 is 0. The van der Waals surface area contributed by atoms with Crippen LogP contribution in [0.4, 0.5) is 5.82 Å². The molecule has 0 saturated heterocycles. The van der Waals surface area contributed by atoms with Gasteiger partial charge in [0.2, 0.25) is 0 Å². The SMILES string of the molecule is Cc1nc(-c2ccncc2)nc(NCc2nc3c(C)cccc3[nH]2)c1C. The molecule has 0 aliphatic rings. The highest BCUT2D eigenvalue weighted by atomic mass is 15.1. The molecule has 0 radical (unpaired) electrons. The average molecular weight is 344 g/mol. The van der Waals surface area contributed by atoms with Crippen LogP contribution >= 0.6 is 0 Å². The second-order valence-corrected chi connectivity index (χ2v) is 6.35. The summed E-state index contributed by atoms with van der Waals surface area (Å²) < 4.78 is 0. The van der Waals surface area contributed by atoms with Gasteiger partial charge in [0.15, 0.2) is 5.82 Å². The number of nitrogens with one attached hydrogen (secondary N) is 2. The monoisotopic (exact) mass is 344 g/mol. The molecule has 6 heteroatoms. The lowest BCUT2D eigenvalue weighted by Crippen LogP contribution is -2.08. The van der Waals surface area contributed by atoms with E-state index in [2.05, 4.69) is 33.3 Å². The van der Waals surface area contributed by atoms with Crippen molar-refractivity contribution >= 4 is 16.9 Å². The van der Waals surface area contributed by atoms with Gasteiger partial charge in [-0.2, -0.15) is 0 Å². The van der Waals surface area contributed by atoms with Gasteiger partial charge in [0.1, 0.15) is 11.6 Å². The van der Waals surface area contributed by atoms with Crippen LogP contribution in [0.2, 0.25) is 0 Å². The number of para-hydroxylation sites is 1. The van der Waals surface area contributed by atoms with E-state index in [9.17, 15) is 0 Å². The van der Waals surface area contributed by atoms with E-state index in [1.165, 1.54) is 5.56 Å². The topological polar surface area (TPSA) is 79.4 Å². The van der Waals surface area contributed by atoms with E-state index >= 15 is 0 Å². The Hall–Kier alpha value is -3.28. The van der Waals surface area contributed by atoms with Crippen molar-refractivity contribution in [2.24, 2.45) is 0 Å². The second kappa shape index (κ2) is 6.55. The van der Waals surface area contributed by atoms with Crippen molar-refractivity contribution in [3.63, 3.8) is 0 Å². The summed E-state index contributed by atoms with van der Waals surface area (Å²) in [7, 11) is 0. The van der Waals surface area contributed by atoms with E-state index in [1.54, 1.807) is 12.4 Å². The van der Waals surface area contributed by atoms with Crippen molar-refractivity contribution < 1.29 is 0 Å². The molecule has 3 aromatic heterocycles. The molecule has 0 atom stereocenters. The molecule has 4 rings (SSSR count). The molecule has 1 aromatic carbocycles. The summed E-state index contributed by atoms with van der Waals surface area (Å²) in [6, 6.07) is 9.97. The number of aromatic nitrogens is 5. The van der Waals surface area contributed by atoms with Crippen LogP contribution in [0.5, 0.6) is 0 Å². The fourth-order valence-corrected chi connectivity index (χ4v) is 2.91. The Kier molecular flexibility index (Phi) is 4.08. The molecule has 0 spiro atoms. The molecule has 130 valence electrons. The van der Waals surface area contributed by atoms with Crippen molar-refractivity contribution in [3.8, 4) is 11.4 Å². The van der Waals surface area contributed by atoms with Crippen LogP contribution < -0.4 is 5.32 Å². The lowest BCUT2D eigenvalue weighted by molar-refractivity contribution is 0.976. The van der Waals surface area contributed by atoms with Crippen LogP contribution in [0.25, 0.3) is 22.4 Å². The van der Waals surface area contributed by atoms with Crippen LogP contribution in [0.15, 0.2) is 42.7 Å². The zero-order valence-corrected chi connectivity index (χ0v) is 15.0. The largest absolute Gasteiger partial charge is 0.362 e. The van der Waals surface area contributed by atoms with E-state index in [0.29, 0.717) is 12.4 Å². The number of hydrogen-bond acceptors (Lipinski definition) is 5. The van der Waals surface area contributed by atoms with Gasteiger partial charge in [-0.1, -0.05) is 12.1 Å². The molecule has 0 amide bonds. The number of fused-ring (bicyclic) bond motifs is 1. The highest BCUT2D eigenvalue weighted by molar-refractivity contribution is 5.78. The minimum atomic E-state index is 0.571. The first-order chi connectivity index (χ1) is 12.6. The van der Waals surface area contributed by atoms with Crippen molar-refractivity contribution in [1.29, 1.82) is 0 Å². The third-order valence-electron chi connectivity index (χ3n) is 4.51. The highest BCUT2D eigenvalue weighted by Gasteiger charge is 2.11. The second-order valence-electron chi connectivity index (χ2n) is 6.35. The van der Waals surface area contributed by atoms with E-state index < -0.39 is 0 Å². The number of hydrogen-bond donors (Lipinski definition) is 2. The Morgan fingerprint density at radius 1 is 0.962 bits per heavy atom. The van der Waals surface area contributed by atoms with E-state index in [4.69, 9.17) is 9.97 Å². The number of nitrogens with zero attached hydrogens (tertiary/aromatic N) is 4. The molecular formula is C20H20N6.